The van der Waals surface area contributed by atoms with Crippen LogP contribution in [0.1, 0.15) is 16.7 Å². The molecule has 0 unspecified atom stereocenters. The van der Waals surface area contributed by atoms with Gasteiger partial charge >= 0.3 is 6.03 Å². The number of nitrogens with zero attached hydrogens (tertiary/aromatic N) is 2. The number of aryl methyl sites for hydroxylation is 1. The van der Waals surface area contributed by atoms with Gasteiger partial charge in [0.1, 0.15) is 17.2 Å². The number of methoxy groups -OCH3 is 1. The Hall–Kier alpha value is -3.85. The molecule has 0 atom stereocenters. The van der Waals surface area contributed by atoms with Gasteiger partial charge in [0, 0.05) is 6.54 Å². The molecule has 0 saturated heterocycles. The van der Waals surface area contributed by atoms with Crippen molar-refractivity contribution >= 4 is 27.6 Å². The molecular formula is C25H25N3O5S. The van der Waals surface area contributed by atoms with Gasteiger partial charge in [0.05, 0.1) is 19.3 Å². The Kier molecular flexibility index (Phi) is 6.56. The molecule has 8 nitrogen and oxygen atoms in total. The predicted octanol–water partition coefficient (Wildman–Crippen LogP) is 3.45. The highest BCUT2D eigenvalue weighted by atomic mass is 32.2. The number of benzene rings is 3. The Morgan fingerprint density at radius 1 is 0.941 bits per heavy atom. The summed E-state index contributed by atoms with van der Waals surface area (Å²) in [6, 6.07) is 19.9. The number of hydrogen-bond donors (Lipinski definition) is 1. The lowest BCUT2D eigenvalue weighted by Crippen LogP contribution is -2.53. The molecule has 3 amide bonds. The van der Waals surface area contributed by atoms with Crippen molar-refractivity contribution in [3.63, 3.8) is 0 Å². The van der Waals surface area contributed by atoms with Crippen molar-refractivity contribution < 1.29 is 22.7 Å². The second kappa shape index (κ2) is 9.56. The van der Waals surface area contributed by atoms with E-state index in [1.54, 1.807) is 36.4 Å². The lowest BCUT2D eigenvalue weighted by molar-refractivity contribution is -0.119. The van der Waals surface area contributed by atoms with Crippen molar-refractivity contribution in [3.8, 4) is 5.75 Å². The van der Waals surface area contributed by atoms with Crippen LogP contribution >= 0.6 is 0 Å². The van der Waals surface area contributed by atoms with Crippen molar-refractivity contribution in [1.82, 2.24) is 9.62 Å². The molecule has 4 rings (SSSR count). The highest BCUT2D eigenvalue weighted by molar-refractivity contribution is 7.90. The summed E-state index contributed by atoms with van der Waals surface area (Å²) < 4.78 is 32.5. The first-order valence-corrected chi connectivity index (χ1v) is 12.1. The number of rotatable bonds is 7. The smallest absolute Gasteiger partial charge is 0.339 e. The first-order chi connectivity index (χ1) is 16.3. The summed E-state index contributed by atoms with van der Waals surface area (Å²) in [5.74, 6) is 0.223. The Morgan fingerprint density at radius 2 is 1.59 bits per heavy atom. The fraction of sp³-hybridized carbons (Fsp3) is 0.200. The minimum Gasteiger partial charge on any atom is -0.497 e. The molecular weight excluding hydrogens is 454 g/mol. The topological polar surface area (TPSA) is 96.0 Å². The summed E-state index contributed by atoms with van der Waals surface area (Å²) in [5.41, 5.74) is 2.83. The molecule has 0 radical (unpaired) electrons. The average molecular weight is 480 g/mol. The van der Waals surface area contributed by atoms with Crippen molar-refractivity contribution in [3.05, 3.63) is 89.5 Å². The van der Waals surface area contributed by atoms with Crippen molar-refractivity contribution in [2.45, 2.75) is 24.9 Å². The first kappa shape index (κ1) is 23.3. The molecule has 0 spiro atoms. The molecule has 9 heteroatoms. The van der Waals surface area contributed by atoms with Crippen LogP contribution in [0.3, 0.4) is 0 Å². The summed E-state index contributed by atoms with van der Waals surface area (Å²) in [7, 11) is -2.56. The summed E-state index contributed by atoms with van der Waals surface area (Å²) in [6.07, 6.45) is 0. The van der Waals surface area contributed by atoms with Crippen LogP contribution in [0, 0.1) is 6.92 Å². The SMILES string of the molecule is COc1ccc(CN2C(=O)N(CC(=O)NCc3ccc(C)cc3)c3ccccc3S2(=O)=O)cc1. The number of hydrogen-bond acceptors (Lipinski definition) is 5. The maximum absolute atomic E-state index is 13.3. The fourth-order valence-corrected chi connectivity index (χ4v) is 5.22. The van der Waals surface area contributed by atoms with Gasteiger partial charge in [-0.05, 0) is 42.3 Å². The summed E-state index contributed by atoms with van der Waals surface area (Å²) >= 11 is 0. The van der Waals surface area contributed by atoms with E-state index in [0.29, 0.717) is 17.9 Å². The van der Waals surface area contributed by atoms with E-state index in [2.05, 4.69) is 5.32 Å². The van der Waals surface area contributed by atoms with Crippen LogP contribution in [0.4, 0.5) is 10.5 Å². The second-order valence-electron chi connectivity index (χ2n) is 7.96. The van der Waals surface area contributed by atoms with E-state index < -0.39 is 22.0 Å². The van der Waals surface area contributed by atoms with Crippen LogP contribution < -0.4 is 15.0 Å². The van der Waals surface area contributed by atoms with E-state index in [9.17, 15) is 18.0 Å². The van der Waals surface area contributed by atoms with Gasteiger partial charge in [-0.1, -0.05) is 54.1 Å². The summed E-state index contributed by atoms with van der Waals surface area (Å²) in [4.78, 5) is 27.2. The van der Waals surface area contributed by atoms with Crippen LogP contribution in [0.2, 0.25) is 0 Å². The molecule has 1 aliphatic heterocycles. The molecule has 0 aliphatic carbocycles. The maximum Gasteiger partial charge on any atom is 0.339 e. The number of sulfonamides is 1. The van der Waals surface area contributed by atoms with Crippen LogP contribution in [0.25, 0.3) is 0 Å². The minimum atomic E-state index is -4.09. The zero-order valence-corrected chi connectivity index (χ0v) is 19.7. The molecule has 1 heterocycles. The van der Waals surface area contributed by atoms with E-state index in [0.717, 1.165) is 15.4 Å². The molecule has 0 bridgehead atoms. The molecule has 0 saturated carbocycles. The fourth-order valence-electron chi connectivity index (χ4n) is 3.67. The molecule has 176 valence electrons. The van der Waals surface area contributed by atoms with Gasteiger partial charge < -0.3 is 10.1 Å². The van der Waals surface area contributed by atoms with Gasteiger partial charge in [0.15, 0.2) is 0 Å². The molecule has 1 aliphatic rings. The number of ether oxygens (including phenoxy) is 1. The standard InChI is InChI=1S/C25H25N3O5S/c1-18-7-9-19(10-8-18)15-26-24(29)17-27-22-5-3-4-6-23(22)34(31,32)28(25(27)30)16-20-11-13-21(33-2)14-12-20/h3-14H,15-17H2,1-2H3,(H,26,29). The van der Waals surface area contributed by atoms with Gasteiger partial charge in [0.2, 0.25) is 5.91 Å². The zero-order valence-electron chi connectivity index (χ0n) is 18.9. The van der Waals surface area contributed by atoms with Crippen molar-refractivity contribution in [1.29, 1.82) is 0 Å². The number of nitrogens with one attached hydrogen (secondary N) is 1. The summed E-state index contributed by atoms with van der Waals surface area (Å²) in [6.45, 7) is 1.81. The average Bonchev–Trinajstić information content (AvgIpc) is 2.84. The number of carbonyl (C=O) groups excluding carboxylic acids is 2. The molecule has 3 aromatic carbocycles. The van der Waals surface area contributed by atoms with E-state index >= 15 is 0 Å². The van der Waals surface area contributed by atoms with E-state index in [-0.39, 0.29) is 23.7 Å². The lowest BCUT2D eigenvalue weighted by Gasteiger charge is -2.36. The monoisotopic (exact) mass is 479 g/mol. The third-order valence-corrected chi connectivity index (χ3v) is 7.33. The van der Waals surface area contributed by atoms with Crippen molar-refractivity contribution in [2.75, 3.05) is 18.6 Å². The normalized spacial score (nSPS) is 14.5. The maximum atomic E-state index is 13.3. The Morgan fingerprint density at radius 3 is 2.26 bits per heavy atom. The van der Waals surface area contributed by atoms with Crippen LogP contribution in [-0.4, -0.2) is 38.3 Å². The van der Waals surface area contributed by atoms with Crippen LogP contribution in [0.15, 0.2) is 77.7 Å². The molecule has 0 aromatic heterocycles. The first-order valence-electron chi connectivity index (χ1n) is 10.7. The van der Waals surface area contributed by atoms with E-state index in [1.807, 2.05) is 31.2 Å². The van der Waals surface area contributed by atoms with Gasteiger partial charge in [-0.2, -0.15) is 0 Å². The largest absolute Gasteiger partial charge is 0.497 e. The highest BCUT2D eigenvalue weighted by Gasteiger charge is 2.41. The van der Waals surface area contributed by atoms with Crippen LogP contribution in [-0.2, 0) is 27.9 Å². The number of urea groups is 1. The predicted molar refractivity (Wildman–Crippen MR) is 128 cm³/mol. The quantitative estimate of drug-likeness (QED) is 0.560. The molecule has 3 aromatic rings. The Labute approximate surface area is 198 Å². The van der Waals surface area contributed by atoms with Crippen molar-refractivity contribution in [2.24, 2.45) is 0 Å². The third-order valence-electron chi connectivity index (χ3n) is 5.57. The number of para-hydroxylation sites is 1. The number of fused-ring (bicyclic) bond motifs is 1. The molecule has 0 fully saturated rings. The van der Waals surface area contributed by atoms with Gasteiger partial charge in [-0.3, -0.25) is 9.69 Å². The zero-order chi connectivity index (χ0) is 24.3. The third kappa shape index (κ3) is 4.74. The number of anilines is 1. The molecule has 1 N–H and O–H groups in total. The lowest BCUT2D eigenvalue weighted by atomic mass is 10.1. The Balaban J connectivity index is 1.57. The number of carbonyl (C=O) groups is 2. The van der Waals surface area contributed by atoms with Gasteiger partial charge in [-0.15, -0.1) is 0 Å². The molecule has 34 heavy (non-hydrogen) atoms. The van der Waals surface area contributed by atoms with Gasteiger partial charge in [-0.25, -0.2) is 17.5 Å². The second-order valence-corrected chi connectivity index (χ2v) is 9.79. The van der Waals surface area contributed by atoms with E-state index in [4.69, 9.17) is 4.74 Å². The summed E-state index contributed by atoms with van der Waals surface area (Å²) in [5, 5.41) is 2.80. The van der Waals surface area contributed by atoms with E-state index in [1.165, 1.54) is 24.1 Å². The highest BCUT2D eigenvalue weighted by Crippen LogP contribution is 2.35. The van der Waals surface area contributed by atoms with Crippen LogP contribution in [0.5, 0.6) is 5.75 Å². The number of amides is 3. The van der Waals surface area contributed by atoms with Gasteiger partial charge in [0.25, 0.3) is 10.0 Å². The minimum absolute atomic E-state index is 0.0190. The Bertz CT molecular complexity index is 1310.